The SMILES string of the molecule is C=CNN1Cc2ccccc2C1.CCNCCNC(=O)CN(CC)C1=CC2=NN(C)C(C)C2C=C1C.CNC. The molecule has 2 aliphatic heterocycles. The molecule has 1 aromatic rings. The molecular formula is C30H50N8O. The topological polar surface area (TPSA) is 87.3 Å². The number of hydrazone groups is 1. The van der Waals surface area contributed by atoms with E-state index in [-0.39, 0.29) is 5.91 Å². The van der Waals surface area contributed by atoms with Crippen molar-refractivity contribution < 1.29 is 4.79 Å². The molecule has 0 saturated heterocycles. The monoisotopic (exact) mass is 538 g/mol. The van der Waals surface area contributed by atoms with Crippen LogP contribution < -0.4 is 21.4 Å². The molecule has 9 nitrogen and oxygen atoms in total. The lowest BCUT2D eigenvalue weighted by molar-refractivity contribution is -0.121. The van der Waals surface area contributed by atoms with Crippen molar-refractivity contribution in [2.75, 3.05) is 53.9 Å². The van der Waals surface area contributed by atoms with Gasteiger partial charge in [-0.25, -0.2) is 5.01 Å². The molecule has 3 aliphatic rings. The molecule has 0 bridgehead atoms. The number of allylic oxidation sites excluding steroid dienone is 2. The van der Waals surface area contributed by atoms with E-state index in [2.05, 4.69) is 107 Å². The van der Waals surface area contributed by atoms with Crippen molar-refractivity contribution in [2.24, 2.45) is 11.0 Å². The molecule has 39 heavy (non-hydrogen) atoms. The molecule has 0 radical (unpaired) electrons. The minimum absolute atomic E-state index is 0.0597. The van der Waals surface area contributed by atoms with E-state index in [9.17, 15) is 4.79 Å². The van der Waals surface area contributed by atoms with Crippen molar-refractivity contribution in [1.82, 2.24) is 36.3 Å². The summed E-state index contributed by atoms with van der Waals surface area (Å²) in [6.45, 7) is 17.6. The second kappa shape index (κ2) is 16.7. The zero-order valence-electron chi connectivity index (χ0n) is 25.1. The zero-order chi connectivity index (χ0) is 28.8. The van der Waals surface area contributed by atoms with E-state index in [1.165, 1.54) is 16.7 Å². The number of nitrogens with zero attached hydrogens (tertiary/aromatic N) is 4. The number of likely N-dealkylation sites (N-methyl/N-ethyl adjacent to an activating group) is 2. The van der Waals surface area contributed by atoms with E-state index < -0.39 is 0 Å². The fraction of sp³-hybridized carbons (Fsp3) is 0.533. The molecule has 1 amide bonds. The van der Waals surface area contributed by atoms with Gasteiger partial charge in [-0.2, -0.15) is 5.10 Å². The van der Waals surface area contributed by atoms with Crippen LogP contribution >= 0.6 is 0 Å². The van der Waals surface area contributed by atoms with Gasteiger partial charge in [0.05, 0.1) is 18.3 Å². The molecule has 9 heteroatoms. The van der Waals surface area contributed by atoms with Crippen LogP contribution in [0.25, 0.3) is 0 Å². The Hall–Kier alpha value is -3.14. The smallest absolute Gasteiger partial charge is 0.239 e. The van der Waals surface area contributed by atoms with Crippen LogP contribution in [-0.2, 0) is 17.9 Å². The molecule has 2 atom stereocenters. The van der Waals surface area contributed by atoms with Gasteiger partial charge in [0.2, 0.25) is 5.91 Å². The van der Waals surface area contributed by atoms with Crippen LogP contribution in [0.3, 0.4) is 0 Å². The minimum Gasteiger partial charge on any atom is -0.362 e. The van der Waals surface area contributed by atoms with Gasteiger partial charge in [-0.15, -0.1) is 0 Å². The summed E-state index contributed by atoms with van der Waals surface area (Å²) in [6.07, 6.45) is 6.15. The summed E-state index contributed by atoms with van der Waals surface area (Å²) < 4.78 is 0. The third-order valence-corrected chi connectivity index (χ3v) is 6.89. The molecule has 1 aliphatic carbocycles. The summed E-state index contributed by atoms with van der Waals surface area (Å²) in [4.78, 5) is 14.3. The Kier molecular flexibility index (Phi) is 13.8. The van der Waals surface area contributed by atoms with Crippen LogP contribution in [0.4, 0.5) is 0 Å². The van der Waals surface area contributed by atoms with Crippen molar-refractivity contribution in [1.29, 1.82) is 0 Å². The first kappa shape index (κ1) is 32.1. The van der Waals surface area contributed by atoms with E-state index in [1.807, 2.05) is 26.2 Å². The van der Waals surface area contributed by atoms with Gasteiger partial charge in [-0.1, -0.05) is 43.8 Å². The average Bonchev–Trinajstić information content (AvgIpc) is 3.45. The van der Waals surface area contributed by atoms with Crippen LogP contribution in [-0.4, -0.2) is 86.4 Å². The standard InChI is InChI=1S/C18H31N5O.C10H12N2.C2H7N/c1-6-19-8-9-20-18(24)12-23(7-2)17-11-16-15(10-13(17)3)14(4)22(5)21-16;1-2-11-12-7-9-5-3-4-6-10(9)8-12;1-3-2/h10-11,14-15,19H,6-9,12H2,1-5H3,(H,20,24);2-6,11H,1,7-8H2;3H,1-2H3. The van der Waals surface area contributed by atoms with Crippen LogP contribution in [0.1, 0.15) is 38.8 Å². The third kappa shape index (κ3) is 9.53. The number of carbonyl (C=O) groups excluding carboxylic acids is 1. The number of hydrogen-bond donors (Lipinski definition) is 4. The highest BCUT2D eigenvalue weighted by Gasteiger charge is 2.33. The summed E-state index contributed by atoms with van der Waals surface area (Å²) in [7, 11) is 5.77. The van der Waals surface area contributed by atoms with Gasteiger partial charge in [0.25, 0.3) is 0 Å². The van der Waals surface area contributed by atoms with Gasteiger partial charge in [0, 0.05) is 57.6 Å². The Bertz CT molecular complexity index is 993. The quantitative estimate of drug-likeness (QED) is 0.341. The van der Waals surface area contributed by atoms with Crippen molar-refractivity contribution in [3.63, 3.8) is 0 Å². The first-order valence-corrected chi connectivity index (χ1v) is 14.0. The predicted molar refractivity (Wildman–Crippen MR) is 163 cm³/mol. The molecule has 0 spiro atoms. The second-order valence-electron chi connectivity index (χ2n) is 9.92. The molecule has 4 rings (SSSR count). The molecule has 2 unspecified atom stereocenters. The third-order valence-electron chi connectivity index (χ3n) is 6.89. The van der Waals surface area contributed by atoms with Crippen molar-refractivity contribution in [2.45, 2.75) is 46.8 Å². The van der Waals surface area contributed by atoms with Crippen LogP contribution in [0, 0.1) is 5.92 Å². The molecule has 4 N–H and O–H groups in total. The van der Waals surface area contributed by atoms with E-state index >= 15 is 0 Å². The number of hydrogen-bond acceptors (Lipinski definition) is 8. The number of hydrazine groups is 1. The number of nitrogens with one attached hydrogen (secondary N) is 4. The molecule has 0 saturated carbocycles. The number of carbonyl (C=O) groups is 1. The number of benzene rings is 1. The highest BCUT2D eigenvalue weighted by Crippen LogP contribution is 2.31. The number of fused-ring (bicyclic) bond motifs is 2. The molecule has 1 aromatic carbocycles. The molecule has 0 aromatic heterocycles. The van der Waals surface area contributed by atoms with Crippen LogP contribution in [0.2, 0.25) is 0 Å². The maximum Gasteiger partial charge on any atom is 0.239 e. The van der Waals surface area contributed by atoms with E-state index in [0.717, 1.165) is 44.1 Å². The predicted octanol–water partition coefficient (Wildman–Crippen LogP) is 2.67. The Morgan fingerprint density at radius 2 is 1.82 bits per heavy atom. The van der Waals surface area contributed by atoms with E-state index in [1.54, 1.807) is 6.20 Å². The zero-order valence-corrected chi connectivity index (χ0v) is 25.1. The van der Waals surface area contributed by atoms with Crippen molar-refractivity contribution >= 4 is 11.6 Å². The summed E-state index contributed by atoms with van der Waals surface area (Å²) in [6, 6.07) is 8.88. The Morgan fingerprint density at radius 3 is 2.38 bits per heavy atom. The van der Waals surface area contributed by atoms with Gasteiger partial charge in [-0.05, 0) is 64.2 Å². The first-order valence-electron chi connectivity index (χ1n) is 14.0. The van der Waals surface area contributed by atoms with Crippen molar-refractivity contribution in [3.05, 3.63) is 71.6 Å². The molecule has 216 valence electrons. The summed E-state index contributed by atoms with van der Waals surface area (Å²) >= 11 is 0. The summed E-state index contributed by atoms with van der Waals surface area (Å²) in [5.41, 5.74) is 9.33. The molecular weight excluding hydrogens is 488 g/mol. The first-order chi connectivity index (χ1) is 18.8. The van der Waals surface area contributed by atoms with E-state index in [4.69, 9.17) is 0 Å². The van der Waals surface area contributed by atoms with Gasteiger partial charge in [0.15, 0.2) is 0 Å². The lowest BCUT2D eigenvalue weighted by atomic mass is 9.88. The van der Waals surface area contributed by atoms with E-state index in [0.29, 0.717) is 25.0 Å². The lowest BCUT2D eigenvalue weighted by Crippen LogP contribution is -2.40. The van der Waals surface area contributed by atoms with Gasteiger partial charge < -0.3 is 26.3 Å². The average molecular weight is 539 g/mol. The van der Waals surface area contributed by atoms with Gasteiger partial charge >= 0.3 is 0 Å². The number of amides is 1. The maximum atomic E-state index is 12.2. The molecule has 0 fully saturated rings. The highest BCUT2D eigenvalue weighted by atomic mass is 16.2. The molecule has 2 heterocycles. The van der Waals surface area contributed by atoms with Gasteiger partial charge in [0.1, 0.15) is 0 Å². The summed E-state index contributed by atoms with van der Waals surface area (Å²) in [5.74, 6) is 0.413. The normalized spacial score (nSPS) is 19.2. The van der Waals surface area contributed by atoms with Gasteiger partial charge in [-0.3, -0.25) is 9.80 Å². The second-order valence-corrected chi connectivity index (χ2v) is 9.92. The highest BCUT2D eigenvalue weighted by molar-refractivity contribution is 6.01. The van der Waals surface area contributed by atoms with Crippen LogP contribution in [0.15, 0.2) is 65.6 Å². The Morgan fingerprint density at radius 1 is 1.18 bits per heavy atom. The van der Waals surface area contributed by atoms with Crippen LogP contribution in [0.5, 0.6) is 0 Å². The fourth-order valence-electron chi connectivity index (χ4n) is 4.74. The summed E-state index contributed by atoms with van der Waals surface area (Å²) in [5, 5.41) is 17.7. The maximum absolute atomic E-state index is 12.2. The minimum atomic E-state index is 0.0597. The number of rotatable bonds is 10. The Labute approximate surface area is 236 Å². The lowest BCUT2D eigenvalue weighted by Gasteiger charge is -2.30. The largest absolute Gasteiger partial charge is 0.362 e. The fourth-order valence-corrected chi connectivity index (χ4v) is 4.74. The Balaban J connectivity index is 0.000000294. The van der Waals surface area contributed by atoms with Crippen molar-refractivity contribution in [3.8, 4) is 0 Å².